The van der Waals surface area contributed by atoms with Crippen molar-refractivity contribution in [2.24, 2.45) is 0 Å². The van der Waals surface area contributed by atoms with Gasteiger partial charge in [-0.3, -0.25) is 4.79 Å². The third-order valence-electron chi connectivity index (χ3n) is 3.85. The zero-order chi connectivity index (χ0) is 18.7. The Morgan fingerprint density at radius 2 is 1.81 bits per heavy atom. The maximum atomic E-state index is 13.6. The van der Waals surface area contributed by atoms with E-state index < -0.39 is 28.9 Å². The van der Waals surface area contributed by atoms with E-state index in [1.165, 1.54) is 0 Å². The van der Waals surface area contributed by atoms with E-state index in [1.54, 1.807) is 11.3 Å². The van der Waals surface area contributed by atoms with Crippen LogP contribution in [0, 0.1) is 24.4 Å². The van der Waals surface area contributed by atoms with E-state index in [-0.39, 0.29) is 6.54 Å². The standard InChI is InChI=1S/C19H15F3N2OS/c1-11-24-16(10-26-11)13-4-2-12(3-5-13)8-9-23-19(25)14-6-7-15(20)18(22)17(14)21/h2-7,10H,8-9H2,1H3,(H,23,25). The number of nitrogens with zero attached hydrogens (tertiary/aromatic N) is 1. The summed E-state index contributed by atoms with van der Waals surface area (Å²) in [7, 11) is 0. The van der Waals surface area contributed by atoms with Crippen LogP contribution in [0.15, 0.2) is 41.8 Å². The van der Waals surface area contributed by atoms with E-state index in [4.69, 9.17) is 0 Å². The number of rotatable bonds is 5. The molecule has 3 nitrogen and oxygen atoms in total. The zero-order valence-corrected chi connectivity index (χ0v) is 14.7. The molecule has 0 aliphatic heterocycles. The number of aromatic nitrogens is 1. The SMILES string of the molecule is Cc1nc(-c2ccc(CCNC(=O)c3ccc(F)c(F)c3F)cc2)cs1. The Hall–Kier alpha value is -2.67. The highest BCUT2D eigenvalue weighted by Crippen LogP contribution is 2.22. The number of carbonyl (C=O) groups excluding carboxylic acids is 1. The normalized spacial score (nSPS) is 10.8. The molecule has 26 heavy (non-hydrogen) atoms. The quantitative estimate of drug-likeness (QED) is 0.666. The summed E-state index contributed by atoms with van der Waals surface area (Å²) in [5.74, 6) is -5.23. The van der Waals surface area contributed by atoms with Crippen LogP contribution in [0.2, 0.25) is 0 Å². The van der Waals surface area contributed by atoms with E-state index in [0.29, 0.717) is 6.42 Å². The van der Waals surface area contributed by atoms with Crippen molar-refractivity contribution in [1.82, 2.24) is 10.3 Å². The van der Waals surface area contributed by atoms with Gasteiger partial charge < -0.3 is 5.32 Å². The number of thiazole rings is 1. The van der Waals surface area contributed by atoms with Crippen LogP contribution in [0.5, 0.6) is 0 Å². The highest BCUT2D eigenvalue weighted by atomic mass is 32.1. The first-order valence-corrected chi connectivity index (χ1v) is 8.77. The fourth-order valence-electron chi connectivity index (χ4n) is 2.46. The molecule has 0 aliphatic rings. The average Bonchev–Trinajstić information content (AvgIpc) is 3.06. The second-order valence-electron chi connectivity index (χ2n) is 5.68. The zero-order valence-electron chi connectivity index (χ0n) is 13.9. The second-order valence-corrected chi connectivity index (χ2v) is 6.74. The van der Waals surface area contributed by atoms with Gasteiger partial charge in [-0.2, -0.15) is 0 Å². The third kappa shape index (κ3) is 3.94. The molecule has 1 N–H and O–H groups in total. The summed E-state index contributed by atoms with van der Waals surface area (Å²) < 4.78 is 39.7. The maximum Gasteiger partial charge on any atom is 0.254 e. The number of aryl methyl sites for hydroxylation is 1. The molecule has 3 rings (SSSR count). The number of hydrogen-bond acceptors (Lipinski definition) is 3. The number of amides is 1. The highest BCUT2D eigenvalue weighted by Gasteiger charge is 2.18. The minimum atomic E-state index is -1.65. The first-order chi connectivity index (χ1) is 12.5. The molecule has 0 aliphatic carbocycles. The molecule has 1 heterocycles. The summed E-state index contributed by atoms with van der Waals surface area (Å²) in [6.45, 7) is 2.19. The third-order valence-corrected chi connectivity index (χ3v) is 4.62. The van der Waals surface area contributed by atoms with E-state index in [1.807, 2.05) is 36.6 Å². The van der Waals surface area contributed by atoms with Crippen LogP contribution in [0.25, 0.3) is 11.3 Å². The minimum absolute atomic E-state index is 0.242. The first kappa shape index (κ1) is 18.1. The molecule has 0 unspecified atom stereocenters. The topological polar surface area (TPSA) is 42.0 Å². The van der Waals surface area contributed by atoms with Crippen LogP contribution in [0.1, 0.15) is 20.9 Å². The van der Waals surface area contributed by atoms with Gasteiger partial charge in [0.15, 0.2) is 17.5 Å². The molecule has 0 bridgehead atoms. The summed E-state index contributed by atoms with van der Waals surface area (Å²) in [5.41, 5.74) is 2.39. The molecule has 1 aromatic heterocycles. The van der Waals surface area contributed by atoms with Crippen LogP contribution in [-0.2, 0) is 6.42 Å². The molecule has 1 amide bonds. The van der Waals surface area contributed by atoms with Crippen molar-refractivity contribution in [2.75, 3.05) is 6.54 Å². The fraction of sp³-hybridized carbons (Fsp3) is 0.158. The minimum Gasteiger partial charge on any atom is -0.352 e. The Labute approximate surface area is 152 Å². The van der Waals surface area contributed by atoms with Crippen LogP contribution in [0.3, 0.4) is 0 Å². The van der Waals surface area contributed by atoms with Gasteiger partial charge in [0.05, 0.1) is 16.3 Å². The number of halogens is 3. The summed E-state index contributed by atoms with van der Waals surface area (Å²) in [6, 6.07) is 9.39. The lowest BCUT2D eigenvalue weighted by Crippen LogP contribution is -2.27. The van der Waals surface area contributed by atoms with Gasteiger partial charge in [0, 0.05) is 17.5 Å². The van der Waals surface area contributed by atoms with E-state index in [0.717, 1.165) is 34.0 Å². The second kappa shape index (κ2) is 7.70. The van der Waals surface area contributed by atoms with Crippen LogP contribution in [0.4, 0.5) is 13.2 Å². The van der Waals surface area contributed by atoms with Crippen molar-refractivity contribution in [2.45, 2.75) is 13.3 Å². The number of nitrogens with one attached hydrogen (secondary N) is 1. The molecule has 7 heteroatoms. The van der Waals surface area contributed by atoms with Gasteiger partial charge in [-0.15, -0.1) is 11.3 Å². The Bertz CT molecular complexity index is 938. The summed E-state index contributed by atoms with van der Waals surface area (Å²) in [5, 5.41) is 5.49. The van der Waals surface area contributed by atoms with Gasteiger partial charge >= 0.3 is 0 Å². The average molecular weight is 376 g/mol. The van der Waals surface area contributed by atoms with E-state index in [2.05, 4.69) is 10.3 Å². The first-order valence-electron chi connectivity index (χ1n) is 7.89. The van der Waals surface area contributed by atoms with E-state index in [9.17, 15) is 18.0 Å². The molecule has 0 radical (unpaired) electrons. The highest BCUT2D eigenvalue weighted by molar-refractivity contribution is 7.09. The molecule has 2 aromatic carbocycles. The van der Waals surface area contributed by atoms with Crippen molar-refractivity contribution >= 4 is 17.2 Å². The van der Waals surface area contributed by atoms with Crippen molar-refractivity contribution in [3.05, 3.63) is 75.4 Å². The molecule has 0 atom stereocenters. The van der Waals surface area contributed by atoms with Gasteiger partial charge in [0.1, 0.15) is 0 Å². The molecular weight excluding hydrogens is 361 g/mol. The van der Waals surface area contributed by atoms with Crippen LogP contribution >= 0.6 is 11.3 Å². The van der Waals surface area contributed by atoms with Gasteiger partial charge in [0.25, 0.3) is 5.91 Å². The fourth-order valence-corrected chi connectivity index (χ4v) is 3.08. The predicted octanol–water partition coefficient (Wildman–Crippen LogP) is 4.51. The Morgan fingerprint density at radius 3 is 2.46 bits per heavy atom. The number of hydrogen-bond donors (Lipinski definition) is 1. The Balaban J connectivity index is 1.58. The molecule has 3 aromatic rings. The smallest absolute Gasteiger partial charge is 0.254 e. The van der Waals surface area contributed by atoms with Crippen molar-refractivity contribution in [3.8, 4) is 11.3 Å². The molecule has 0 saturated heterocycles. The molecular formula is C19H15F3N2OS. The maximum absolute atomic E-state index is 13.6. The largest absolute Gasteiger partial charge is 0.352 e. The lowest BCUT2D eigenvalue weighted by atomic mass is 10.1. The lowest BCUT2D eigenvalue weighted by molar-refractivity contribution is 0.0949. The number of carbonyl (C=O) groups is 1. The summed E-state index contributed by atoms with van der Waals surface area (Å²) >= 11 is 1.58. The monoisotopic (exact) mass is 376 g/mol. The van der Waals surface area contributed by atoms with Gasteiger partial charge in [-0.1, -0.05) is 24.3 Å². The number of benzene rings is 2. The van der Waals surface area contributed by atoms with Crippen LogP contribution < -0.4 is 5.32 Å². The Morgan fingerprint density at radius 1 is 1.08 bits per heavy atom. The predicted molar refractivity (Wildman–Crippen MR) is 94.6 cm³/mol. The van der Waals surface area contributed by atoms with Gasteiger partial charge in [-0.05, 0) is 31.0 Å². The van der Waals surface area contributed by atoms with Crippen molar-refractivity contribution < 1.29 is 18.0 Å². The van der Waals surface area contributed by atoms with Gasteiger partial charge in [-0.25, -0.2) is 18.2 Å². The molecule has 0 fully saturated rings. The molecule has 0 spiro atoms. The Kier molecular flexibility index (Phi) is 5.37. The van der Waals surface area contributed by atoms with Gasteiger partial charge in [0.2, 0.25) is 0 Å². The summed E-state index contributed by atoms with van der Waals surface area (Å²) in [4.78, 5) is 16.3. The van der Waals surface area contributed by atoms with E-state index >= 15 is 0 Å². The summed E-state index contributed by atoms with van der Waals surface area (Å²) in [6.07, 6.45) is 0.521. The van der Waals surface area contributed by atoms with Crippen molar-refractivity contribution in [1.29, 1.82) is 0 Å². The lowest BCUT2D eigenvalue weighted by Gasteiger charge is -2.07. The van der Waals surface area contributed by atoms with Crippen LogP contribution in [-0.4, -0.2) is 17.4 Å². The molecule has 0 saturated carbocycles. The molecule has 134 valence electrons. The van der Waals surface area contributed by atoms with Crippen molar-refractivity contribution in [3.63, 3.8) is 0 Å².